The van der Waals surface area contributed by atoms with Gasteiger partial charge in [-0.15, -0.1) is 0 Å². The highest BCUT2D eigenvalue weighted by Gasteiger charge is 2.16. The summed E-state index contributed by atoms with van der Waals surface area (Å²) in [5.41, 5.74) is 0. The Bertz CT molecular complexity index is 200. The van der Waals surface area contributed by atoms with Crippen molar-refractivity contribution in [2.24, 2.45) is 11.8 Å². The predicted octanol–water partition coefficient (Wildman–Crippen LogP) is 4.09. The molecule has 2 bridgehead atoms. The van der Waals surface area contributed by atoms with Crippen LogP contribution >= 0.6 is 0 Å². The lowest BCUT2D eigenvalue weighted by Crippen LogP contribution is -2.10. The second kappa shape index (κ2) is 4.64. The van der Waals surface area contributed by atoms with Gasteiger partial charge in [0, 0.05) is 0 Å². The van der Waals surface area contributed by atoms with Crippen molar-refractivity contribution >= 4 is 0 Å². The summed E-state index contributed by atoms with van der Waals surface area (Å²) in [6.45, 7) is 0. The first-order valence-electron chi connectivity index (χ1n) is 5.77. The van der Waals surface area contributed by atoms with E-state index in [9.17, 15) is 0 Å². The predicted molar refractivity (Wildman–Crippen MR) is 57.6 cm³/mol. The van der Waals surface area contributed by atoms with Gasteiger partial charge in [-0.25, -0.2) is 0 Å². The largest absolute Gasteiger partial charge is 0.0885 e. The molecule has 2 aliphatic rings. The van der Waals surface area contributed by atoms with Gasteiger partial charge in [0.05, 0.1) is 0 Å². The maximum atomic E-state index is 2.48. The monoisotopic (exact) mass is 176 g/mol. The highest BCUT2D eigenvalue weighted by Crippen LogP contribution is 2.30. The standard InChI is InChI=1S/C13H20/c1-3-7-12-9-5-2-6-10-13(11-12)8-4-1/h1,3,6,10,12-13H,2,4-5,7-9,11H2. The van der Waals surface area contributed by atoms with Crippen LogP contribution in [0, 0.1) is 11.8 Å². The zero-order valence-corrected chi connectivity index (χ0v) is 8.41. The van der Waals surface area contributed by atoms with Gasteiger partial charge >= 0.3 is 0 Å². The molecule has 0 fully saturated rings. The number of hydrogen-bond acceptors (Lipinski definition) is 0. The minimum Gasteiger partial charge on any atom is -0.0885 e. The third-order valence-electron chi connectivity index (χ3n) is 3.37. The Morgan fingerprint density at radius 1 is 0.923 bits per heavy atom. The summed E-state index contributed by atoms with van der Waals surface area (Å²) < 4.78 is 0. The molecular weight excluding hydrogens is 156 g/mol. The average molecular weight is 176 g/mol. The van der Waals surface area contributed by atoms with Crippen LogP contribution in [0.25, 0.3) is 0 Å². The summed E-state index contributed by atoms with van der Waals surface area (Å²) in [5.74, 6) is 1.86. The van der Waals surface area contributed by atoms with Crippen molar-refractivity contribution in [1.82, 2.24) is 0 Å². The van der Waals surface area contributed by atoms with E-state index >= 15 is 0 Å². The lowest BCUT2D eigenvalue weighted by atomic mass is 9.82. The molecule has 0 heteroatoms. The number of hydrogen-bond donors (Lipinski definition) is 0. The van der Waals surface area contributed by atoms with Gasteiger partial charge in [0.15, 0.2) is 0 Å². The molecule has 0 aromatic heterocycles. The van der Waals surface area contributed by atoms with Gasteiger partial charge in [-0.3, -0.25) is 0 Å². The van der Waals surface area contributed by atoms with E-state index in [-0.39, 0.29) is 0 Å². The van der Waals surface area contributed by atoms with Gasteiger partial charge in [-0.05, 0) is 56.8 Å². The summed E-state index contributed by atoms with van der Waals surface area (Å²) in [6.07, 6.45) is 19.3. The van der Waals surface area contributed by atoms with Gasteiger partial charge < -0.3 is 0 Å². The summed E-state index contributed by atoms with van der Waals surface area (Å²) in [7, 11) is 0. The van der Waals surface area contributed by atoms with Crippen LogP contribution in [-0.4, -0.2) is 0 Å². The van der Waals surface area contributed by atoms with Crippen molar-refractivity contribution in [2.75, 3.05) is 0 Å². The highest BCUT2D eigenvalue weighted by atomic mass is 14.2. The van der Waals surface area contributed by atoms with E-state index in [1.165, 1.54) is 44.9 Å². The molecule has 0 saturated carbocycles. The van der Waals surface area contributed by atoms with Gasteiger partial charge in [0.1, 0.15) is 0 Å². The van der Waals surface area contributed by atoms with Gasteiger partial charge in [0.2, 0.25) is 0 Å². The first-order valence-corrected chi connectivity index (χ1v) is 5.77. The molecule has 0 aromatic rings. The Hall–Kier alpha value is -0.520. The van der Waals surface area contributed by atoms with E-state index in [4.69, 9.17) is 0 Å². The summed E-state index contributed by atoms with van der Waals surface area (Å²) in [5, 5.41) is 0. The first-order chi connectivity index (χ1) is 6.45. The molecule has 72 valence electrons. The number of allylic oxidation sites excluding steroid dienone is 4. The SMILES string of the molecule is C1=CC2CCC=CCC(CCC1)C2. The molecule has 0 N–H and O–H groups in total. The lowest BCUT2D eigenvalue weighted by Gasteiger charge is -2.23. The Morgan fingerprint density at radius 3 is 2.92 bits per heavy atom. The van der Waals surface area contributed by atoms with Crippen LogP contribution in [0.2, 0.25) is 0 Å². The second-order valence-electron chi connectivity index (χ2n) is 4.51. The van der Waals surface area contributed by atoms with E-state index in [2.05, 4.69) is 24.3 Å². The quantitative estimate of drug-likeness (QED) is 0.488. The molecule has 0 radical (unpaired) electrons. The fourth-order valence-electron chi connectivity index (χ4n) is 2.58. The van der Waals surface area contributed by atoms with Crippen molar-refractivity contribution in [1.29, 1.82) is 0 Å². The normalized spacial score (nSPS) is 34.5. The molecule has 13 heavy (non-hydrogen) atoms. The van der Waals surface area contributed by atoms with Crippen molar-refractivity contribution in [3.8, 4) is 0 Å². The first kappa shape index (κ1) is 9.05. The molecule has 0 aromatic carbocycles. The Morgan fingerprint density at radius 2 is 1.92 bits per heavy atom. The van der Waals surface area contributed by atoms with Crippen LogP contribution in [0.1, 0.15) is 44.9 Å². The van der Waals surface area contributed by atoms with E-state index in [0.717, 1.165) is 11.8 Å². The molecule has 2 atom stereocenters. The zero-order chi connectivity index (χ0) is 8.93. The highest BCUT2D eigenvalue weighted by molar-refractivity contribution is 4.96. The van der Waals surface area contributed by atoms with E-state index < -0.39 is 0 Å². The fraction of sp³-hybridized carbons (Fsp3) is 0.692. The number of rotatable bonds is 0. The Balaban J connectivity index is 2.04. The Labute approximate surface area is 81.7 Å². The van der Waals surface area contributed by atoms with E-state index in [1.807, 2.05) is 0 Å². The zero-order valence-electron chi connectivity index (χ0n) is 8.41. The summed E-state index contributed by atoms with van der Waals surface area (Å²) in [4.78, 5) is 0. The van der Waals surface area contributed by atoms with Crippen molar-refractivity contribution < 1.29 is 0 Å². The average Bonchev–Trinajstić information content (AvgIpc) is 2.00. The van der Waals surface area contributed by atoms with Gasteiger partial charge in [-0.2, -0.15) is 0 Å². The van der Waals surface area contributed by atoms with Crippen LogP contribution in [-0.2, 0) is 0 Å². The molecule has 0 nitrogen and oxygen atoms in total. The fourth-order valence-corrected chi connectivity index (χ4v) is 2.58. The van der Waals surface area contributed by atoms with Crippen LogP contribution < -0.4 is 0 Å². The second-order valence-corrected chi connectivity index (χ2v) is 4.51. The van der Waals surface area contributed by atoms with Crippen LogP contribution in [0.3, 0.4) is 0 Å². The molecule has 0 saturated heterocycles. The maximum Gasteiger partial charge on any atom is -0.0228 e. The number of fused-ring (bicyclic) bond motifs is 2. The van der Waals surface area contributed by atoms with Gasteiger partial charge in [0.25, 0.3) is 0 Å². The van der Waals surface area contributed by atoms with Crippen LogP contribution in [0.4, 0.5) is 0 Å². The van der Waals surface area contributed by atoms with Crippen molar-refractivity contribution in [2.45, 2.75) is 44.9 Å². The summed E-state index contributed by atoms with van der Waals surface area (Å²) >= 11 is 0. The maximum absolute atomic E-state index is 2.48. The van der Waals surface area contributed by atoms with E-state index in [1.54, 1.807) is 0 Å². The van der Waals surface area contributed by atoms with E-state index in [0.29, 0.717) is 0 Å². The van der Waals surface area contributed by atoms with Crippen molar-refractivity contribution in [3.05, 3.63) is 24.3 Å². The van der Waals surface area contributed by atoms with Crippen LogP contribution in [0.15, 0.2) is 24.3 Å². The topological polar surface area (TPSA) is 0 Å². The molecule has 2 rings (SSSR count). The van der Waals surface area contributed by atoms with Gasteiger partial charge in [-0.1, -0.05) is 24.3 Å². The minimum atomic E-state index is 0.884. The summed E-state index contributed by atoms with van der Waals surface area (Å²) in [6, 6.07) is 0. The molecular formula is C13H20. The molecule has 2 unspecified atom stereocenters. The smallest absolute Gasteiger partial charge is 0.0228 e. The lowest BCUT2D eigenvalue weighted by molar-refractivity contribution is 0.362. The molecule has 2 aliphatic carbocycles. The molecule has 0 spiro atoms. The third kappa shape index (κ3) is 2.72. The minimum absolute atomic E-state index is 0.884. The van der Waals surface area contributed by atoms with Crippen LogP contribution in [0.5, 0.6) is 0 Å². The third-order valence-corrected chi connectivity index (χ3v) is 3.37. The Kier molecular flexibility index (Phi) is 3.23. The van der Waals surface area contributed by atoms with Crippen molar-refractivity contribution in [3.63, 3.8) is 0 Å². The molecule has 0 heterocycles. The molecule has 0 amide bonds. The molecule has 0 aliphatic heterocycles.